The van der Waals surface area contributed by atoms with E-state index in [1.807, 2.05) is 51.1 Å². The Labute approximate surface area is 178 Å². The molecule has 0 aliphatic carbocycles. The van der Waals surface area contributed by atoms with E-state index in [2.05, 4.69) is 10.0 Å². The van der Waals surface area contributed by atoms with Crippen molar-refractivity contribution < 1.29 is 13.2 Å². The highest BCUT2D eigenvalue weighted by Crippen LogP contribution is 2.25. The van der Waals surface area contributed by atoms with Crippen molar-refractivity contribution in [2.75, 3.05) is 4.72 Å². The molecular weight excluding hydrogens is 396 g/mol. The van der Waals surface area contributed by atoms with Crippen LogP contribution in [0.1, 0.15) is 41.4 Å². The van der Waals surface area contributed by atoms with Crippen molar-refractivity contribution in [3.8, 4) is 0 Å². The van der Waals surface area contributed by atoms with Crippen LogP contribution in [0.5, 0.6) is 0 Å². The maximum Gasteiger partial charge on any atom is 0.261 e. The molecule has 30 heavy (non-hydrogen) atoms. The normalized spacial score (nSPS) is 12.4. The Morgan fingerprint density at radius 2 is 1.53 bits per heavy atom. The van der Waals surface area contributed by atoms with Crippen LogP contribution in [0, 0.1) is 12.8 Å². The van der Waals surface area contributed by atoms with Gasteiger partial charge in [-0.25, -0.2) is 8.42 Å². The van der Waals surface area contributed by atoms with Crippen LogP contribution in [0.15, 0.2) is 83.8 Å². The maximum absolute atomic E-state index is 13.0. The molecule has 0 fully saturated rings. The Balaban J connectivity index is 1.84. The zero-order valence-electron chi connectivity index (χ0n) is 17.3. The second kappa shape index (κ2) is 9.13. The fourth-order valence-electron chi connectivity index (χ4n) is 3.29. The summed E-state index contributed by atoms with van der Waals surface area (Å²) < 4.78 is 28.0. The number of carbonyl (C=O) groups is 1. The monoisotopic (exact) mass is 422 g/mol. The molecule has 3 aromatic rings. The molecule has 0 spiro atoms. The second-order valence-electron chi connectivity index (χ2n) is 7.55. The number of sulfonamides is 1. The third kappa shape index (κ3) is 5.07. The summed E-state index contributed by atoms with van der Waals surface area (Å²) in [6, 6.07) is 22.5. The number of amides is 1. The van der Waals surface area contributed by atoms with Gasteiger partial charge in [-0.1, -0.05) is 62.4 Å². The van der Waals surface area contributed by atoms with Crippen molar-refractivity contribution in [1.29, 1.82) is 0 Å². The minimum atomic E-state index is -3.80. The van der Waals surface area contributed by atoms with E-state index in [1.165, 1.54) is 12.1 Å². The first kappa shape index (κ1) is 21.6. The Morgan fingerprint density at radius 3 is 2.20 bits per heavy atom. The highest BCUT2D eigenvalue weighted by molar-refractivity contribution is 7.92. The van der Waals surface area contributed by atoms with E-state index >= 15 is 0 Å². The SMILES string of the molecule is Cc1ccccc1[C@@H](NC(=O)c1cccc(S(=O)(=O)Nc2ccccc2)c1)C(C)C. The van der Waals surface area contributed by atoms with Crippen molar-refractivity contribution in [3.05, 3.63) is 95.6 Å². The Hall–Kier alpha value is -3.12. The maximum atomic E-state index is 13.0. The minimum Gasteiger partial charge on any atom is -0.345 e. The molecule has 0 bridgehead atoms. The summed E-state index contributed by atoms with van der Waals surface area (Å²) in [4.78, 5) is 13.0. The van der Waals surface area contributed by atoms with Crippen LogP contribution in [0.3, 0.4) is 0 Å². The molecule has 0 radical (unpaired) electrons. The molecule has 1 amide bonds. The van der Waals surface area contributed by atoms with Crippen molar-refractivity contribution in [2.45, 2.75) is 31.7 Å². The quantitative estimate of drug-likeness (QED) is 0.567. The number of carbonyl (C=O) groups excluding carboxylic acids is 1. The molecule has 0 saturated carbocycles. The van der Waals surface area contributed by atoms with E-state index in [9.17, 15) is 13.2 Å². The first-order chi connectivity index (χ1) is 14.3. The number of hydrogen-bond donors (Lipinski definition) is 2. The van der Waals surface area contributed by atoms with E-state index in [0.29, 0.717) is 11.3 Å². The van der Waals surface area contributed by atoms with Gasteiger partial charge in [0.15, 0.2) is 0 Å². The number of aryl methyl sites for hydroxylation is 1. The Bertz CT molecular complexity index is 1130. The predicted molar refractivity (Wildman–Crippen MR) is 120 cm³/mol. The van der Waals surface area contributed by atoms with Crippen LogP contribution in [-0.2, 0) is 10.0 Å². The van der Waals surface area contributed by atoms with E-state index in [1.54, 1.807) is 36.4 Å². The molecule has 6 heteroatoms. The third-order valence-electron chi connectivity index (χ3n) is 4.91. The van der Waals surface area contributed by atoms with Crippen molar-refractivity contribution in [3.63, 3.8) is 0 Å². The van der Waals surface area contributed by atoms with Gasteiger partial charge in [0, 0.05) is 11.3 Å². The summed E-state index contributed by atoms with van der Waals surface area (Å²) in [5.74, 6) is -0.143. The lowest BCUT2D eigenvalue weighted by Gasteiger charge is -2.24. The molecule has 0 aliphatic rings. The molecule has 3 aromatic carbocycles. The molecule has 2 N–H and O–H groups in total. The standard InChI is InChI=1S/C24H26N2O3S/c1-17(2)23(22-15-8-7-10-18(22)3)25-24(27)19-11-9-14-21(16-19)30(28,29)26-20-12-5-4-6-13-20/h4-17,23,26H,1-3H3,(H,25,27)/t23-/m0/s1. The molecule has 0 saturated heterocycles. The van der Waals surface area contributed by atoms with Crippen LogP contribution in [0.25, 0.3) is 0 Å². The van der Waals surface area contributed by atoms with Gasteiger partial charge in [-0.05, 0) is 54.3 Å². The van der Waals surface area contributed by atoms with Crippen molar-refractivity contribution in [1.82, 2.24) is 5.32 Å². The van der Waals surface area contributed by atoms with Gasteiger partial charge in [0.25, 0.3) is 15.9 Å². The highest BCUT2D eigenvalue weighted by Gasteiger charge is 2.22. The van der Waals surface area contributed by atoms with Gasteiger partial charge in [-0.3, -0.25) is 9.52 Å². The molecule has 0 unspecified atom stereocenters. The van der Waals surface area contributed by atoms with Crippen molar-refractivity contribution >= 4 is 21.6 Å². The topological polar surface area (TPSA) is 75.3 Å². The van der Waals surface area contributed by atoms with E-state index < -0.39 is 10.0 Å². The first-order valence-corrected chi connectivity index (χ1v) is 11.3. The van der Waals surface area contributed by atoms with Gasteiger partial charge in [0.05, 0.1) is 10.9 Å². The lowest BCUT2D eigenvalue weighted by Crippen LogP contribution is -2.32. The fourth-order valence-corrected chi connectivity index (χ4v) is 4.39. The van der Waals surface area contributed by atoms with Gasteiger partial charge in [-0.15, -0.1) is 0 Å². The number of hydrogen-bond acceptors (Lipinski definition) is 3. The molecule has 0 aromatic heterocycles. The molecule has 3 rings (SSSR count). The molecule has 1 atom stereocenters. The molecule has 0 heterocycles. The summed E-state index contributed by atoms with van der Waals surface area (Å²) in [6.45, 7) is 6.10. The van der Waals surface area contributed by atoms with E-state index in [0.717, 1.165) is 11.1 Å². The predicted octanol–water partition coefficient (Wildman–Crippen LogP) is 4.92. The lowest BCUT2D eigenvalue weighted by atomic mass is 9.92. The number of anilines is 1. The van der Waals surface area contributed by atoms with Crippen LogP contribution in [0.2, 0.25) is 0 Å². The van der Waals surface area contributed by atoms with Crippen LogP contribution >= 0.6 is 0 Å². The van der Waals surface area contributed by atoms with Crippen LogP contribution < -0.4 is 10.0 Å². The molecular formula is C24H26N2O3S. The minimum absolute atomic E-state index is 0.0380. The average Bonchev–Trinajstić information content (AvgIpc) is 2.73. The zero-order valence-corrected chi connectivity index (χ0v) is 18.1. The Morgan fingerprint density at radius 1 is 0.867 bits per heavy atom. The van der Waals surface area contributed by atoms with E-state index in [-0.39, 0.29) is 22.8 Å². The molecule has 5 nitrogen and oxygen atoms in total. The zero-order chi connectivity index (χ0) is 21.7. The van der Waals surface area contributed by atoms with Crippen LogP contribution in [-0.4, -0.2) is 14.3 Å². The first-order valence-electron chi connectivity index (χ1n) is 9.82. The summed E-state index contributed by atoms with van der Waals surface area (Å²) in [5, 5.41) is 3.06. The highest BCUT2D eigenvalue weighted by atomic mass is 32.2. The van der Waals surface area contributed by atoms with Gasteiger partial charge in [-0.2, -0.15) is 0 Å². The van der Waals surface area contributed by atoms with Gasteiger partial charge in [0.1, 0.15) is 0 Å². The van der Waals surface area contributed by atoms with Gasteiger partial charge < -0.3 is 5.32 Å². The second-order valence-corrected chi connectivity index (χ2v) is 9.23. The number of para-hydroxylation sites is 1. The van der Waals surface area contributed by atoms with E-state index in [4.69, 9.17) is 0 Å². The van der Waals surface area contributed by atoms with Crippen molar-refractivity contribution in [2.24, 2.45) is 5.92 Å². The van der Waals surface area contributed by atoms with Crippen LogP contribution in [0.4, 0.5) is 5.69 Å². The lowest BCUT2D eigenvalue weighted by molar-refractivity contribution is 0.0925. The van der Waals surface area contributed by atoms with Gasteiger partial charge in [0.2, 0.25) is 0 Å². The number of nitrogens with one attached hydrogen (secondary N) is 2. The fraction of sp³-hybridized carbons (Fsp3) is 0.208. The third-order valence-corrected chi connectivity index (χ3v) is 6.29. The summed E-state index contributed by atoms with van der Waals surface area (Å²) >= 11 is 0. The number of rotatable bonds is 7. The molecule has 0 aliphatic heterocycles. The summed E-state index contributed by atoms with van der Waals surface area (Å²) in [6.07, 6.45) is 0. The number of benzene rings is 3. The summed E-state index contributed by atoms with van der Waals surface area (Å²) in [7, 11) is -3.80. The summed E-state index contributed by atoms with van der Waals surface area (Å²) in [5.41, 5.74) is 2.91. The smallest absolute Gasteiger partial charge is 0.261 e. The largest absolute Gasteiger partial charge is 0.345 e. The van der Waals surface area contributed by atoms with Gasteiger partial charge >= 0.3 is 0 Å². The Kier molecular flexibility index (Phi) is 6.57. The average molecular weight is 423 g/mol. The molecule has 156 valence electrons.